The summed E-state index contributed by atoms with van der Waals surface area (Å²) in [6.07, 6.45) is 8.83. The van der Waals surface area contributed by atoms with Crippen LogP contribution in [0.4, 0.5) is 25.8 Å². The number of imide groups is 1. The lowest BCUT2D eigenvalue weighted by atomic mass is 9.93. The van der Waals surface area contributed by atoms with Gasteiger partial charge in [0.25, 0.3) is 0 Å². The van der Waals surface area contributed by atoms with Gasteiger partial charge in [-0.1, -0.05) is 19.1 Å². The fourth-order valence-corrected chi connectivity index (χ4v) is 9.42. The predicted molar refractivity (Wildman–Crippen MR) is 238 cm³/mol. The van der Waals surface area contributed by atoms with Crippen molar-refractivity contribution < 1.29 is 36.4 Å². The Labute approximate surface area is 369 Å². The Kier molecular flexibility index (Phi) is 13.0. The highest BCUT2D eigenvalue weighted by atomic mass is 32.2. The monoisotopic (exact) mass is 896 g/mol. The summed E-state index contributed by atoms with van der Waals surface area (Å²) in [6.45, 7) is 5.15. The van der Waals surface area contributed by atoms with Gasteiger partial charge in [-0.05, 0) is 93.2 Å². The van der Waals surface area contributed by atoms with Crippen molar-refractivity contribution in [2.24, 2.45) is 0 Å². The number of piperidine rings is 3. The van der Waals surface area contributed by atoms with E-state index in [0.717, 1.165) is 90.9 Å². The van der Waals surface area contributed by atoms with E-state index in [2.05, 4.69) is 45.4 Å². The van der Waals surface area contributed by atoms with Gasteiger partial charge in [0.1, 0.15) is 17.5 Å². The third kappa shape index (κ3) is 9.75. The van der Waals surface area contributed by atoms with Crippen LogP contribution in [0.2, 0.25) is 0 Å². The molecule has 8 rings (SSSR count). The molecule has 16 nitrogen and oxygen atoms in total. The summed E-state index contributed by atoms with van der Waals surface area (Å²) < 4.78 is 58.8. The van der Waals surface area contributed by atoms with Crippen molar-refractivity contribution in [1.29, 1.82) is 0 Å². The fraction of sp³-hybridized carbons (Fsp3) is 0.378. The zero-order valence-electron chi connectivity index (χ0n) is 35.5. The summed E-state index contributed by atoms with van der Waals surface area (Å²) >= 11 is 0. The van der Waals surface area contributed by atoms with E-state index in [4.69, 9.17) is 0 Å². The number of halogens is 2. The Bertz CT molecular complexity index is 2660. The molecule has 19 heteroatoms. The molecule has 6 heterocycles. The van der Waals surface area contributed by atoms with E-state index in [1.807, 2.05) is 36.4 Å². The average molecular weight is 897 g/mol. The summed E-state index contributed by atoms with van der Waals surface area (Å²) in [7, 11) is -2.84. The molecule has 3 aliphatic rings. The molecule has 64 heavy (non-hydrogen) atoms. The van der Waals surface area contributed by atoms with Crippen LogP contribution in [0.1, 0.15) is 73.0 Å². The van der Waals surface area contributed by atoms with E-state index in [9.17, 15) is 27.6 Å². The van der Waals surface area contributed by atoms with E-state index in [1.165, 1.54) is 13.2 Å². The number of nitrogens with zero attached hydrogens (tertiary/aromatic N) is 5. The number of H-pyrrole nitrogens is 1. The van der Waals surface area contributed by atoms with Gasteiger partial charge >= 0.3 is 10.2 Å². The van der Waals surface area contributed by atoms with Gasteiger partial charge in [-0.2, -0.15) is 12.7 Å². The van der Waals surface area contributed by atoms with Gasteiger partial charge in [-0.25, -0.2) is 13.8 Å². The maximum atomic E-state index is 15.6. The number of nitrogens with one attached hydrogen (secondary N) is 5. The number of benzene rings is 2. The van der Waals surface area contributed by atoms with Gasteiger partial charge in [0.15, 0.2) is 5.82 Å². The van der Waals surface area contributed by atoms with Crippen molar-refractivity contribution in [3.63, 3.8) is 0 Å². The average Bonchev–Trinajstić information content (AvgIpc) is 3.72. The molecule has 2 aromatic carbocycles. The summed E-state index contributed by atoms with van der Waals surface area (Å²) in [4.78, 5) is 66.7. The zero-order chi connectivity index (χ0) is 45.1. The Morgan fingerprint density at radius 2 is 1.66 bits per heavy atom. The Morgan fingerprint density at radius 3 is 2.34 bits per heavy atom. The lowest BCUT2D eigenvalue weighted by Crippen LogP contribution is -2.48. The van der Waals surface area contributed by atoms with E-state index in [1.54, 1.807) is 25.4 Å². The van der Waals surface area contributed by atoms with Gasteiger partial charge in [0, 0.05) is 85.4 Å². The number of pyridine rings is 2. The number of amides is 3. The van der Waals surface area contributed by atoms with Crippen LogP contribution in [0, 0.1) is 11.6 Å². The van der Waals surface area contributed by atoms with Crippen molar-refractivity contribution in [3.8, 4) is 11.1 Å². The van der Waals surface area contributed by atoms with Gasteiger partial charge in [-0.15, -0.1) is 0 Å². The largest absolute Gasteiger partial charge is 0.372 e. The predicted octanol–water partition coefficient (Wildman–Crippen LogP) is 4.92. The zero-order valence-corrected chi connectivity index (χ0v) is 36.3. The molecule has 336 valence electrons. The lowest BCUT2D eigenvalue weighted by molar-refractivity contribution is -0.133. The number of hydrogen-bond donors (Lipinski definition) is 5. The second-order valence-corrected chi connectivity index (χ2v) is 18.3. The molecule has 3 saturated heterocycles. The highest BCUT2D eigenvalue weighted by molar-refractivity contribution is 7.90. The van der Waals surface area contributed by atoms with Crippen molar-refractivity contribution in [1.82, 2.24) is 34.8 Å². The second-order valence-electron chi connectivity index (χ2n) is 16.5. The molecular formula is C45H50F2N10O6S. The van der Waals surface area contributed by atoms with Crippen molar-refractivity contribution in [2.75, 3.05) is 61.3 Å². The normalized spacial score (nSPS) is 18.0. The van der Waals surface area contributed by atoms with Crippen LogP contribution in [0.5, 0.6) is 0 Å². The molecule has 3 aromatic heterocycles. The summed E-state index contributed by atoms with van der Waals surface area (Å²) in [5.41, 5.74) is 3.10. The van der Waals surface area contributed by atoms with Crippen molar-refractivity contribution in [3.05, 3.63) is 102 Å². The number of likely N-dealkylation sites (tertiary alicyclic amines) is 1. The SMILES string of the molecule is CCN(C)S(=O)(=O)Nc1ccc(F)c(C(=O)c2c[nH]c3ncc(-c4ccc(N5CCC(NC(=O)CN6CCC(c7ccc(NC8CCC(=O)NC8=O)cn7)CC6)CC5)cc4)cc23)c1F. The molecule has 0 radical (unpaired) electrons. The minimum absolute atomic E-state index is 0.0211. The van der Waals surface area contributed by atoms with E-state index < -0.39 is 44.9 Å². The minimum Gasteiger partial charge on any atom is -0.372 e. The topological polar surface area (TPSA) is 202 Å². The first-order valence-electron chi connectivity index (χ1n) is 21.4. The number of carbonyl (C=O) groups excluding carboxylic acids is 4. The maximum Gasteiger partial charge on any atom is 0.301 e. The first-order chi connectivity index (χ1) is 30.8. The van der Waals surface area contributed by atoms with Crippen LogP contribution >= 0.6 is 0 Å². The third-order valence-corrected chi connectivity index (χ3v) is 13.9. The third-order valence-electron chi connectivity index (χ3n) is 12.4. The maximum absolute atomic E-state index is 15.6. The summed E-state index contributed by atoms with van der Waals surface area (Å²) in [5, 5.41) is 9.10. The van der Waals surface area contributed by atoms with Crippen molar-refractivity contribution in [2.45, 2.75) is 63.5 Å². The molecule has 3 amide bonds. The van der Waals surface area contributed by atoms with Crippen LogP contribution in [-0.2, 0) is 24.6 Å². The molecule has 0 aliphatic carbocycles. The van der Waals surface area contributed by atoms with Gasteiger partial charge in [0.2, 0.25) is 23.5 Å². The van der Waals surface area contributed by atoms with E-state index >= 15 is 8.78 Å². The van der Waals surface area contributed by atoms with Gasteiger partial charge in [0.05, 0.1) is 29.7 Å². The summed E-state index contributed by atoms with van der Waals surface area (Å²) in [5.74, 6) is -3.69. The van der Waals surface area contributed by atoms with Gasteiger partial charge < -0.3 is 20.5 Å². The second kappa shape index (κ2) is 18.8. The Balaban J connectivity index is 0.813. The van der Waals surface area contributed by atoms with Crippen LogP contribution in [0.3, 0.4) is 0 Å². The number of carbonyl (C=O) groups is 4. The highest BCUT2D eigenvalue weighted by Crippen LogP contribution is 2.32. The molecule has 1 unspecified atom stereocenters. The quantitative estimate of drug-likeness (QED) is 0.0748. The molecule has 3 aliphatic heterocycles. The molecule has 3 fully saturated rings. The Morgan fingerprint density at radius 1 is 0.906 bits per heavy atom. The minimum atomic E-state index is -4.14. The number of ketones is 1. The summed E-state index contributed by atoms with van der Waals surface area (Å²) in [6, 6.07) is 14.9. The first kappa shape index (κ1) is 44.3. The van der Waals surface area contributed by atoms with Crippen LogP contribution < -0.4 is 25.6 Å². The molecule has 0 bridgehead atoms. The number of rotatable bonds is 14. The smallest absolute Gasteiger partial charge is 0.301 e. The molecule has 5 aromatic rings. The molecule has 0 saturated carbocycles. The molecule has 1 atom stereocenters. The van der Waals surface area contributed by atoms with Crippen LogP contribution in [-0.4, -0.2) is 114 Å². The number of hydrogen-bond acceptors (Lipinski definition) is 11. The molecule has 5 N–H and O–H groups in total. The Hall–Kier alpha value is -6.31. The number of aromatic nitrogens is 3. The van der Waals surface area contributed by atoms with Crippen LogP contribution in [0.15, 0.2) is 73.2 Å². The van der Waals surface area contributed by atoms with Crippen LogP contribution in [0.25, 0.3) is 22.2 Å². The fourth-order valence-electron chi connectivity index (χ4n) is 8.48. The standard InChI is InChI=1S/C45H50F2N10O6S/c1-3-55(2)64(62,63)54-37-11-9-35(46)41(42(37)47)43(60)34-25-50-44-33(34)22-29(23-49-44)27-4-7-32(8-5-27)57-20-16-30(17-21-57)52-40(59)26-56-18-14-28(15-19-56)36-10-6-31(24-48-36)51-38-12-13-39(58)53-45(38)61/h4-11,22-25,28,30,38,51,54H,3,12-21,26H2,1-2H3,(H,49,50)(H,52,59)(H,53,58,61). The number of fused-ring (bicyclic) bond motifs is 1. The first-order valence-corrected chi connectivity index (χ1v) is 22.9. The van der Waals surface area contributed by atoms with Crippen molar-refractivity contribution >= 4 is 61.8 Å². The number of anilines is 3. The lowest BCUT2D eigenvalue weighted by Gasteiger charge is -2.35. The molecular weight excluding hydrogens is 847 g/mol. The van der Waals surface area contributed by atoms with E-state index in [-0.39, 0.29) is 41.8 Å². The van der Waals surface area contributed by atoms with Gasteiger partial charge in [-0.3, -0.25) is 39.1 Å². The highest BCUT2D eigenvalue weighted by Gasteiger charge is 2.30. The molecule has 0 spiro atoms. The number of aromatic amines is 1. The van der Waals surface area contributed by atoms with E-state index in [0.29, 0.717) is 36.0 Å².